The van der Waals surface area contributed by atoms with Crippen LogP contribution < -0.4 is 25.4 Å². The van der Waals surface area contributed by atoms with Gasteiger partial charge in [-0.1, -0.05) is 0 Å². The van der Waals surface area contributed by atoms with E-state index in [-0.39, 0.29) is 5.91 Å². The fourth-order valence-corrected chi connectivity index (χ4v) is 4.17. The Balaban J connectivity index is 1.28. The van der Waals surface area contributed by atoms with Crippen molar-refractivity contribution in [3.8, 4) is 17.2 Å². The minimum atomic E-state index is -1.16. The molecular formula is C29H25FN4O5. The Morgan fingerprint density at radius 3 is 2.05 bits per heavy atom. The summed E-state index contributed by atoms with van der Waals surface area (Å²) in [4.78, 5) is 42.3. The summed E-state index contributed by atoms with van der Waals surface area (Å²) in [6.45, 7) is 0. The second-order valence-corrected chi connectivity index (χ2v) is 9.08. The van der Waals surface area contributed by atoms with E-state index in [0.29, 0.717) is 57.9 Å². The number of halogens is 1. The van der Waals surface area contributed by atoms with Gasteiger partial charge in [0.15, 0.2) is 0 Å². The van der Waals surface area contributed by atoms with Gasteiger partial charge in [-0.05, 0) is 79.6 Å². The van der Waals surface area contributed by atoms with E-state index in [2.05, 4.69) is 20.9 Å². The van der Waals surface area contributed by atoms with Gasteiger partial charge in [-0.25, -0.2) is 4.39 Å². The van der Waals surface area contributed by atoms with Crippen LogP contribution in [0.2, 0.25) is 0 Å². The predicted molar refractivity (Wildman–Crippen MR) is 144 cm³/mol. The van der Waals surface area contributed by atoms with Crippen LogP contribution in [0.1, 0.15) is 23.2 Å². The number of carbonyl (C=O) groups is 3. The quantitative estimate of drug-likeness (QED) is 0.280. The van der Waals surface area contributed by atoms with Gasteiger partial charge in [0.05, 0.1) is 18.2 Å². The number of carbonyl (C=O) groups excluding carboxylic acids is 3. The van der Waals surface area contributed by atoms with E-state index in [1.807, 2.05) is 0 Å². The molecule has 1 aliphatic rings. The highest BCUT2D eigenvalue weighted by molar-refractivity contribution is 6.16. The Morgan fingerprint density at radius 2 is 1.49 bits per heavy atom. The molecule has 0 radical (unpaired) electrons. The lowest BCUT2D eigenvalue weighted by Gasteiger charge is -2.16. The third-order valence-corrected chi connectivity index (χ3v) is 6.56. The molecule has 0 bridgehead atoms. The summed E-state index contributed by atoms with van der Waals surface area (Å²) in [5, 5.41) is 8.72. The van der Waals surface area contributed by atoms with Crippen molar-refractivity contribution in [3.05, 3.63) is 84.3 Å². The van der Waals surface area contributed by atoms with Gasteiger partial charge in [0, 0.05) is 30.0 Å². The first-order chi connectivity index (χ1) is 18.8. The molecule has 1 saturated carbocycles. The van der Waals surface area contributed by atoms with E-state index >= 15 is 0 Å². The molecular weight excluding hydrogens is 503 g/mol. The number of nitrogens with one attached hydrogen (secondary N) is 3. The smallest absolute Gasteiger partial charge is 0.254 e. The number of hydrogen-bond donors (Lipinski definition) is 3. The minimum Gasteiger partial charge on any atom is -0.496 e. The number of hydrogen-bond acceptors (Lipinski definition) is 6. The molecule has 5 rings (SSSR count). The lowest BCUT2D eigenvalue weighted by atomic mass is 10.0. The van der Waals surface area contributed by atoms with Crippen molar-refractivity contribution in [2.24, 2.45) is 5.41 Å². The molecule has 4 aromatic rings. The van der Waals surface area contributed by atoms with Crippen molar-refractivity contribution >= 4 is 40.0 Å². The molecule has 9 nitrogen and oxygen atoms in total. The van der Waals surface area contributed by atoms with Gasteiger partial charge in [0.2, 0.25) is 11.8 Å². The maximum atomic E-state index is 13.1. The van der Waals surface area contributed by atoms with Crippen LogP contribution in [0.25, 0.3) is 10.9 Å². The summed E-state index contributed by atoms with van der Waals surface area (Å²) in [5.41, 5.74) is 0.686. The van der Waals surface area contributed by atoms with Crippen LogP contribution >= 0.6 is 0 Å². The van der Waals surface area contributed by atoms with Crippen LogP contribution in [-0.2, 0) is 9.59 Å². The molecule has 0 saturated heterocycles. The number of nitrogens with zero attached hydrogens (tertiary/aromatic N) is 1. The zero-order valence-electron chi connectivity index (χ0n) is 21.2. The molecule has 0 unspecified atom stereocenters. The van der Waals surface area contributed by atoms with Gasteiger partial charge >= 0.3 is 0 Å². The number of ether oxygens (including phenoxy) is 2. The second-order valence-electron chi connectivity index (χ2n) is 9.08. The Hall–Kier alpha value is -4.99. The van der Waals surface area contributed by atoms with Gasteiger partial charge in [-0.15, -0.1) is 0 Å². The normalized spacial score (nSPS) is 13.3. The average molecular weight is 529 g/mol. The van der Waals surface area contributed by atoms with E-state index in [1.165, 1.54) is 38.4 Å². The zero-order chi connectivity index (χ0) is 27.6. The van der Waals surface area contributed by atoms with Crippen molar-refractivity contribution < 1.29 is 28.2 Å². The Kier molecular flexibility index (Phi) is 6.84. The van der Waals surface area contributed by atoms with E-state index in [9.17, 15) is 18.8 Å². The van der Waals surface area contributed by atoms with E-state index in [4.69, 9.17) is 9.47 Å². The van der Waals surface area contributed by atoms with Crippen LogP contribution in [-0.4, -0.2) is 36.9 Å². The third-order valence-electron chi connectivity index (χ3n) is 6.56. The summed E-state index contributed by atoms with van der Waals surface area (Å²) in [5.74, 6) is -0.138. The molecule has 1 aromatic heterocycles. The molecule has 0 spiro atoms. The molecule has 0 atom stereocenters. The van der Waals surface area contributed by atoms with Crippen molar-refractivity contribution in [1.29, 1.82) is 0 Å². The van der Waals surface area contributed by atoms with Crippen LogP contribution in [0.3, 0.4) is 0 Å². The number of aromatic nitrogens is 1. The minimum absolute atomic E-state index is 0.291. The molecule has 0 aliphatic heterocycles. The second kappa shape index (κ2) is 10.4. The maximum Gasteiger partial charge on any atom is 0.254 e. The highest BCUT2D eigenvalue weighted by atomic mass is 19.1. The third kappa shape index (κ3) is 5.22. The zero-order valence-corrected chi connectivity index (χ0v) is 21.2. The number of pyridine rings is 1. The Labute approximate surface area is 223 Å². The number of amides is 3. The van der Waals surface area contributed by atoms with Gasteiger partial charge in [0.25, 0.3) is 5.91 Å². The fraction of sp³-hybridized carbons (Fsp3) is 0.172. The Morgan fingerprint density at radius 1 is 0.872 bits per heavy atom. The number of benzene rings is 3. The number of rotatable bonds is 8. The highest BCUT2D eigenvalue weighted by Crippen LogP contribution is 2.47. The summed E-state index contributed by atoms with van der Waals surface area (Å²) in [6.07, 6.45) is 2.43. The molecule has 10 heteroatoms. The van der Waals surface area contributed by atoms with Crippen molar-refractivity contribution in [1.82, 2.24) is 10.3 Å². The summed E-state index contributed by atoms with van der Waals surface area (Å²) in [6, 6.07) is 17.1. The molecule has 3 aromatic carbocycles. The average Bonchev–Trinajstić information content (AvgIpc) is 3.77. The summed E-state index contributed by atoms with van der Waals surface area (Å²) >= 11 is 0. The predicted octanol–water partition coefficient (Wildman–Crippen LogP) is 4.89. The molecule has 1 fully saturated rings. The Bertz CT molecular complexity index is 1570. The number of fused-ring (bicyclic) bond motifs is 1. The van der Waals surface area contributed by atoms with Crippen LogP contribution in [0.4, 0.5) is 15.8 Å². The topological polar surface area (TPSA) is 119 Å². The van der Waals surface area contributed by atoms with Gasteiger partial charge in [-0.3, -0.25) is 19.4 Å². The van der Waals surface area contributed by atoms with Crippen LogP contribution in [0.15, 0.2) is 72.9 Å². The van der Waals surface area contributed by atoms with Crippen molar-refractivity contribution in [2.75, 3.05) is 24.8 Å². The van der Waals surface area contributed by atoms with Crippen LogP contribution in [0.5, 0.6) is 17.2 Å². The molecule has 1 aliphatic carbocycles. The first kappa shape index (κ1) is 25.7. The lowest BCUT2D eigenvalue weighted by Crippen LogP contribution is -2.35. The molecule has 39 heavy (non-hydrogen) atoms. The first-order valence-corrected chi connectivity index (χ1v) is 12.2. The van der Waals surface area contributed by atoms with Crippen LogP contribution in [0, 0.1) is 11.2 Å². The summed E-state index contributed by atoms with van der Waals surface area (Å²) < 4.78 is 24.6. The SMILES string of the molecule is CNC(=O)c1cc2nccc(Oc3ccc(NC(=O)C4(C(=O)Nc5ccc(F)cc5)CC4)cc3)c2cc1OC. The standard InChI is InChI=1S/C29H25FN4O5/c1-31-26(35)22-15-23-21(16-25(22)38-2)24(11-14-32-23)39-20-9-7-19(8-10-20)34-28(37)29(12-13-29)27(36)33-18-5-3-17(30)4-6-18/h3-11,14-16H,12-13H2,1-2H3,(H,31,35)(H,33,36)(H,34,37). The first-order valence-electron chi connectivity index (χ1n) is 12.2. The molecule has 198 valence electrons. The highest BCUT2D eigenvalue weighted by Gasteiger charge is 2.56. The fourth-order valence-electron chi connectivity index (χ4n) is 4.17. The van der Waals surface area contributed by atoms with Gasteiger partial charge in [0.1, 0.15) is 28.5 Å². The van der Waals surface area contributed by atoms with E-state index in [1.54, 1.807) is 48.7 Å². The summed E-state index contributed by atoms with van der Waals surface area (Å²) in [7, 11) is 3.02. The lowest BCUT2D eigenvalue weighted by molar-refractivity contribution is -0.131. The van der Waals surface area contributed by atoms with Gasteiger partial charge < -0.3 is 25.4 Å². The van der Waals surface area contributed by atoms with Crippen molar-refractivity contribution in [2.45, 2.75) is 12.8 Å². The van der Waals surface area contributed by atoms with E-state index in [0.717, 1.165) is 0 Å². The molecule has 3 amide bonds. The monoisotopic (exact) mass is 528 g/mol. The number of anilines is 2. The van der Waals surface area contributed by atoms with Gasteiger partial charge in [-0.2, -0.15) is 0 Å². The molecule has 1 heterocycles. The maximum absolute atomic E-state index is 13.1. The molecule has 3 N–H and O–H groups in total. The largest absolute Gasteiger partial charge is 0.496 e. The van der Waals surface area contributed by atoms with Crippen molar-refractivity contribution in [3.63, 3.8) is 0 Å². The number of methoxy groups -OCH3 is 1. The van der Waals surface area contributed by atoms with E-state index < -0.39 is 23.0 Å².